The molecule has 1 amide bonds. The highest BCUT2D eigenvalue weighted by atomic mass is 16.5. The molecule has 1 heterocycles. The highest BCUT2D eigenvalue weighted by molar-refractivity contribution is 5.89. The first kappa shape index (κ1) is 17.0. The van der Waals surface area contributed by atoms with Crippen LogP contribution < -0.4 is 10.6 Å². The summed E-state index contributed by atoms with van der Waals surface area (Å²) in [5.41, 5.74) is 2.58. The Kier molecular flexibility index (Phi) is 4.73. The van der Waals surface area contributed by atoms with Gasteiger partial charge in [0.15, 0.2) is 5.82 Å². The van der Waals surface area contributed by atoms with Gasteiger partial charge >= 0.3 is 0 Å². The number of hydrogen-bond donors (Lipinski definition) is 2. The number of aryl methyl sites for hydroxylation is 1. The maximum atomic E-state index is 11.1. The van der Waals surface area contributed by atoms with Crippen molar-refractivity contribution in [2.75, 3.05) is 10.6 Å². The molecule has 0 radical (unpaired) electrons. The molecular formula is C17H24N4O2. The average molecular weight is 316 g/mol. The molecule has 2 N–H and O–H groups in total. The van der Waals surface area contributed by atoms with Gasteiger partial charge in [0.05, 0.1) is 0 Å². The maximum Gasteiger partial charge on any atom is 0.248 e. The largest absolute Gasteiger partial charge is 0.374 e. The van der Waals surface area contributed by atoms with Crippen molar-refractivity contribution >= 4 is 17.3 Å². The third-order valence-electron chi connectivity index (χ3n) is 3.40. The monoisotopic (exact) mass is 316 g/mol. The first-order valence-electron chi connectivity index (χ1n) is 7.65. The molecule has 2 aromatic rings. The van der Waals surface area contributed by atoms with Gasteiger partial charge in [-0.1, -0.05) is 25.9 Å². The first-order chi connectivity index (χ1) is 10.7. The van der Waals surface area contributed by atoms with Crippen molar-refractivity contribution in [1.82, 2.24) is 10.1 Å². The molecule has 6 nitrogen and oxygen atoms in total. The number of nitrogens with one attached hydrogen (secondary N) is 2. The number of hydrogen-bond acceptors (Lipinski definition) is 5. The molecule has 0 aliphatic rings. The Hall–Kier alpha value is -2.37. The molecular weight excluding hydrogens is 292 g/mol. The Bertz CT molecular complexity index is 701. The van der Waals surface area contributed by atoms with Crippen LogP contribution in [0.1, 0.15) is 57.9 Å². The van der Waals surface area contributed by atoms with Gasteiger partial charge < -0.3 is 15.2 Å². The Morgan fingerprint density at radius 2 is 2.00 bits per heavy atom. The Morgan fingerprint density at radius 1 is 1.30 bits per heavy atom. The van der Waals surface area contributed by atoms with Gasteiger partial charge in [-0.05, 0) is 37.6 Å². The summed E-state index contributed by atoms with van der Waals surface area (Å²) in [6.45, 7) is 11.6. The third kappa shape index (κ3) is 4.31. The second-order valence-corrected chi connectivity index (χ2v) is 6.78. The number of rotatable bonds is 4. The summed E-state index contributed by atoms with van der Waals surface area (Å²) in [6, 6.07) is 5.66. The van der Waals surface area contributed by atoms with Gasteiger partial charge in [0.25, 0.3) is 0 Å². The van der Waals surface area contributed by atoms with Crippen LogP contribution in [0.4, 0.5) is 11.4 Å². The minimum atomic E-state index is -0.141. The summed E-state index contributed by atoms with van der Waals surface area (Å²) in [5.74, 6) is 1.17. The normalized spacial score (nSPS) is 12.8. The molecule has 0 saturated heterocycles. The topological polar surface area (TPSA) is 80.0 Å². The van der Waals surface area contributed by atoms with Crippen LogP contribution in [0.25, 0.3) is 0 Å². The highest BCUT2D eigenvalue weighted by Gasteiger charge is 2.23. The predicted molar refractivity (Wildman–Crippen MR) is 90.5 cm³/mol. The lowest BCUT2D eigenvalue weighted by Crippen LogP contribution is -2.14. The van der Waals surface area contributed by atoms with E-state index in [4.69, 9.17) is 4.52 Å². The van der Waals surface area contributed by atoms with Crippen molar-refractivity contribution in [3.63, 3.8) is 0 Å². The fourth-order valence-electron chi connectivity index (χ4n) is 2.11. The minimum absolute atomic E-state index is 0.0808. The number of carbonyl (C=O) groups is 1. The lowest BCUT2D eigenvalue weighted by molar-refractivity contribution is -0.114. The molecule has 0 spiro atoms. The second kappa shape index (κ2) is 6.40. The van der Waals surface area contributed by atoms with Gasteiger partial charge in [0, 0.05) is 23.7 Å². The lowest BCUT2D eigenvalue weighted by Gasteiger charge is -2.14. The van der Waals surface area contributed by atoms with Crippen molar-refractivity contribution in [3.8, 4) is 0 Å². The predicted octanol–water partition coefficient (Wildman–Crippen LogP) is 3.81. The van der Waals surface area contributed by atoms with Crippen LogP contribution in [0.3, 0.4) is 0 Å². The highest BCUT2D eigenvalue weighted by Crippen LogP contribution is 2.25. The van der Waals surface area contributed by atoms with E-state index in [1.165, 1.54) is 6.92 Å². The van der Waals surface area contributed by atoms with Crippen LogP contribution in [0.15, 0.2) is 22.7 Å². The molecule has 0 fully saturated rings. The molecule has 0 saturated carbocycles. The number of nitrogens with zero attached hydrogens (tertiary/aromatic N) is 2. The quantitative estimate of drug-likeness (QED) is 0.896. The van der Waals surface area contributed by atoms with Gasteiger partial charge in [-0.15, -0.1) is 0 Å². The van der Waals surface area contributed by atoms with E-state index >= 15 is 0 Å². The van der Waals surface area contributed by atoms with Crippen LogP contribution in [-0.4, -0.2) is 16.0 Å². The van der Waals surface area contributed by atoms with Gasteiger partial charge in [0.2, 0.25) is 11.8 Å². The summed E-state index contributed by atoms with van der Waals surface area (Å²) in [5, 5.41) is 10.2. The van der Waals surface area contributed by atoms with E-state index in [2.05, 4.69) is 20.8 Å². The number of anilines is 2. The number of amides is 1. The van der Waals surface area contributed by atoms with Crippen LogP contribution in [0.5, 0.6) is 0 Å². The van der Waals surface area contributed by atoms with Crippen molar-refractivity contribution in [1.29, 1.82) is 0 Å². The second-order valence-electron chi connectivity index (χ2n) is 6.78. The van der Waals surface area contributed by atoms with Crippen molar-refractivity contribution in [2.45, 2.75) is 53.0 Å². The number of benzene rings is 1. The summed E-state index contributed by atoms with van der Waals surface area (Å²) < 4.78 is 5.35. The lowest BCUT2D eigenvalue weighted by atomic mass is 9.96. The van der Waals surface area contributed by atoms with Gasteiger partial charge in [-0.2, -0.15) is 4.98 Å². The van der Waals surface area contributed by atoms with E-state index in [0.717, 1.165) is 16.9 Å². The fourth-order valence-corrected chi connectivity index (χ4v) is 2.11. The van der Waals surface area contributed by atoms with Crippen LogP contribution in [0.2, 0.25) is 0 Å². The zero-order valence-electron chi connectivity index (χ0n) is 14.5. The molecule has 1 aromatic carbocycles. The number of carbonyl (C=O) groups excluding carboxylic acids is 1. The molecule has 6 heteroatoms. The Balaban J connectivity index is 2.11. The smallest absolute Gasteiger partial charge is 0.248 e. The van der Waals surface area contributed by atoms with Crippen LogP contribution in [-0.2, 0) is 10.2 Å². The molecule has 0 unspecified atom stereocenters. The zero-order valence-corrected chi connectivity index (χ0v) is 14.5. The molecule has 124 valence electrons. The summed E-state index contributed by atoms with van der Waals surface area (Å²) in [6.07, 6.45) is 0. The third-order valence-corrected chi connectivity index (χ3v) is 3.40. The first-order valence-corrected chi connectivity index (χ1v) is 7.65. The van der Waals surface area contributed by atoms with Crippen molar-refractivity contribution in [3.05, 3.63) is 35.5 Å². The van der Waals surface area contributed by atoms with Crippen LogP contribution in [0, 0.1) is 6.92 Å². The minimum Gasteiger partial charge on any atom is -0.374 e. The van der Waals surface area contributed by atoms with Crippen LogP contribution >= 0.6 is 0 Å². The van der Waals surface area contributed by atoms with E-state index < -0.39 is 0 Å². The van der Waals surface area contributed by atoms with E-state index in [0.29, 0.717) is 11.7 Å². The van der Waals surface area contributed by atoms with E-state index in [1.54, 1.807) is 0 Å². The molecule has 0 aliphatic carbocycles. The number of aromatic nitrogens is 2. The van der Waals surface area contributed by atoms with Gasteiger partial charge in [-0.25, -0.2) is 0 Å². The molecule has 2 rings (SSSR count). The summed E-state index contributed by atoms with van der Waals surface area (Å²) in [7, 11) is 0. The molecule has 0 bridgehead atoms. The summed E-state index contributed by atoms with van der Waals surface area (Å²) >= 11 is 0. The zero-order chi connectivity index (χ0) is 17.2. The standard InChI is InChI=1S/C17H24N4O2/c1-10-9-13(7-8-14(10)19-12(3)22)18-11(2)15-20-16(21-23-15)17(4,5)6/h7-9,11,18H,1-6H3,(H,19,22)/t11-/m1/s1. The van der Waals surface area contributed by atoms with E-state index in [9.17, 15) is 4.79 Å². The van der Waals surface area contributed by atoms with Crippen molar-refractivity contribution < 1.29 is 9.32 Å². The average Bonchev–Trinajstić information content (AvgIpc) is 2.91. The SMILES string of the molecule is CC(=O)Nc1ccc(N[C@H](C)c2nc(C(C)(C)C)no2)cc1C. The molecule has 0 aliphatic heterocycles. The van der Waals surface area contributed by atoms with E-state index in [-0.39, 0.29) is 17.4 Å². The Labute approximate surface area is 136 Å². The maximum absolute atomic E-state index is 11.1. The Morgan fingerprint density at radius 3 is 2.52 bits per heavy atom. The molecule has 1 atom stereocenters. The molecule has 23 heavy (non-hydrogen) atoms. The molecule has 1 aromatic heterocycles. The fraction of sp³-hybridized carbons (Fsp3) is 0.471. The summed E-state index contributed by atoms with van der Waals surface area (Å²) in [4.78, 5) is 15.6. The van der Waals surface area contributed by atoms with Gasteiger partial charge in [0.1, 0.15) is 6.04 Å². The van der Waals surface area contributed by atoms with Gasteiger partial charge in [-0.3, -0.25) is 4.79 Å². The van der Waals surface area contributed by atoms with Crippen molar-refractivity contribution in [2.24, 2.45) is 0 Å². The van der Waals surface area contributed by atoms with E-state index in [1.807, 2.05) is 52.8 Å².